The van der Waals surface area contributed by atoms with E-state index in [1.165, 1.54) is 24.3 Å². The van der Waals surface area contributed by atoms with Crippen LogP contribution in [-0.2, 0) is 9.53 Å². The molecule has 0 aromatic heterocycles. The summed E-state index contributed by atoms with van der Waals surface area (Å²) in [7, 11) is 0. The first kappa shape index (κ1) is 21.2. The van der Waals surface area contributed by atoms with Gasteiger partial charge in [-0.3, -0.25) is 14.9 Å². The second kappa shape index (κ2) is 9.73. The summed E-state index contributed by atoms with van der Waals surface area (Å²) in [4.78, 5) is 37.5. The van der Waals surface area contributed by atoms with Crippen molar-refractivity contribution in [2.45, 2.75) is 51.4 Å². The van der Waals surface area contributed by atoms with Crippen molar-refractivity contribution < 1.29 is 19.2 Å². The predicted molar refractivity (Wildman–Crippen MR) is 105 cm³/mol. The Bertz CT molecular complexity index is 677. The molecule has 8 heteroatoms. The zero-order chi connectivity index (χ0) is 20.0. The van der Waals surface area contributed by atoms with E-state index in [-0.39, 0.29) is 22.9 Å². The van der Waals surface area contributed by atoms with Crippen molar-refractivity contribution in [1.82, 2.24) is 4.90 Å². The number of thioether (sulfide) groups is 1. The first-order chi connectivity index (χ1) is 12.8. The third-order valence-corrected chi connectivity index (χ3v) is 5.65. The maximum absolute atomic E-state index is 13.1. The summed E-state index contributed by atoms with van der Waals surface area (Å²) in [6, 6.07) is 4.87. The monoisotopic (exact) mass is 394 g/mol. The van der Waals surface area contributed by atoms with Crippen LogP contribution in [0.15, 0.2) is 24.3 Å². The van der Waals surface area contributed by atoms with E-state index in [9.17, 15) is 19.7 Å². The number of nitrogens with zero attached hydrogens (tertiary/aromatic N) is 2. The van der Waals surface area contributed by atoms with Gasteiger partial charge in [-0.05, 0) is 30.9 Å². The molecule has 1 aromatic carbocycles. The molecule has 2 atom stereocenters. The van der Waals surface area contributed by atoms with Gasteiger partial charge in [-0.2, -0.15) is 0 Å². The Morgan fingerprint density at radius 1 is 1.33 bits per heavy atom. The van der Waals surface area contributed by atoms with Gasteiger partial charge < -0.3 is 9.64 Å². The highest BCUT2D eigenvalue weighted by atomic mass is 32.2. The molecule has 1 aromatic rings. The highest BCUT2D eigenvalue weighted by molar-refractivity contribution is 8.00. The van der Waals surface area contributed by atoms with Crippen molar-refractivity contribution in [2.24, 2.45) is 5.92 Å². The maximum atomic E-state index is 13.1. The van der Waals surface area contributed by atoms with Crippen LogP contribution in [0.3, 0.4) is 0 Å². The van der Waals surface area contributed by atoms with Crippen LogP contribution in [-0.4, -0.2) is 45.5 Å². The summed E-state index contributed by atoms with van der Waals surface area (Å²) in [5.74, 6) is 0.195. The van der Waals surface area contributed by atoms with E-state index in [0.29, 0.717) is 23.8 Å². The molecular weight excluding hydrogens is 368 g/mol. The summed E-state index contributed by atoms with van der Waals surface area (Å²) in [5, 5.41) is 10.7. The van der Waals surface area contributed by atoms with Crippen molar-refractivity contribution in [3.8, 4) is 0 Å². The Balaban J connectivity index is 2.22. The molecule has 1 fully saturated rings. The van der Waals surface area contributed by atoms with Gasteiger partial charge in [0.15, 0.2) is 0 Å². The van der Waals surface area contributed by atoms with Crippen molar-refractivity contribution >= 4 is 29.3 Å². The van der Waals surface area contributed by atoms with E-state index in [0.717, 1.165) is 19.3 Å². The van der Waals surface area contributed by atoms with Crippen LogP contribution in [0, 0.1) is 16.0 Å². The SMILES string of the molecule is CCCCOC(=O)C1CSC(CC(C)C)N1C(=O)c1ccc([N+](=O)[O-])cc1. The molecule has 0 N–H and O–H groups in total. The number of hydrogen-bond acceptors (Lipinski definition) is 6. The van der Waals surface area contributed by atoms with E-state index in [4.69, 9.17) is 4.74 Å². The molecule has 0 saturated carbocycles. The average Bonchev–Trinajstić information content (AvgIpc) is 3.04. The Kier molecular flexibility index (Phi) is 7.65. The number of nitro groups is 1. The van der Waals surface area contributed by atoms with Gasteiger partial charge in [0.2, 0.25) is 0 Å². The van der Waals surface area contributed by atoms with Gasteiger partial charge >= 0.3 is 5.97 Å². The van der Waals surface area contributed by atoms with E-state index in [2.05, 4.69) is 13.8 Å². The highest BCUT2D eigenvalue weighted by Crippen LogP contribution is 2.35. The van der Waals surface area contributed by atoms with Crippen LogP contribution in [0.1, 0.15) is 50.4 Å². The number of ether oxygens (including phenoxy) is 1. The number of rotatable bonds is 8. The minimum Gasteiger partial charge on any atom is -0.464 e. The van der Waals surface area contributed by atoms with Crippen LogP contribution >= 0.6 is 11.8 Å². The molecule has 2 unspecified atom stereocenters. The molecule has 0 spiro atoms. The van der Waals surface area contributed by atoms with Gasteiger partial charge in [0.1, 0.15) is 6.04 Å². The molecule has 1 amide bonds. The molecule has 0 bridgehead atoms. The summed E-state index contributed by atoms with van der Waals surface area (Å²) in [6.07, 6.45) is 2.48. The number of esters is 1. The first-order valence-corrected chi connectivity index (χ1v) is 10.2. The van der Waals surface area contributed by atoms with Crippen molar-refractivity contribution in [3.05, 3.63) is 39.9 Å². The fraction of sp³-hybridized carbons (Fsp3) is 0.579. The first-order valence-electron chi connectivity index (χ1n) is 9.20. The molecule has 27 heavy (non-hydrogen) atoms. The lowest BCUT2D eigenvalue weighted by Crippen LogP contribution is -2.46. The molecule has 0 aliphatic carbocycles. The highest BCUT2D eigenvalue weighted by Gasteiger charge is 2.42. The fourth-order valence-corrected chi connectivity index (χ4v) is 4.52. The van der Waals surface area contributed by atoms with E-state index >= 15 is 0 Å². The predicted octanol–water partition coefficient (Wildman–Crippen LogP) is 3.87. The molecule has 1 saturated heterocycles. The number of benzene rings is 1. The lowest BCUT2D eigenvalue weighted by Gasteiger charge is -2.29. The largest absolute Gasteiger partial charge is 0.464 e. The average molecular weight is 394 g/mol. The lowest BCUT2D eigenvalue weighted by atomic mass is 10.1. The van der Waals surface area contributed by atoms with Crippen molar-refractivity contribution in [2.75, 3.05) is 12.4 Å². The van der Waals surface area contributed by atoms with Gasteiger partial charge in [-0.25, -0.2) is 4.79 Å². The Labute approximate surface area is 163 Å². The normalized spacial score (nSPS) is 19.3. The van der Waals surface area contributed by atoms with Gasteiger partial charge in [0.25, 0.3) is 11.6 Å². The molecule has 1 aliphatic heterocycles. The number of nitro benzene ring substituents is 1. The van der Waals surface area contributed by atoms with E-state index in [1.54, 1.807) is 16.7 Å². The smallest absolute Gasteiger partial charge is 0.329 e. The zero-order valence-corrected chi connectivity index (χ0v) is 16.7. The zero-order valence-electron chi connectivity index (χ0n) is 15.9. The standard InChI is InChI=1S/C19H26N2O5S/c1-4-5-10-26-19(23)16-12-27-17(11-13(2)3)20(16)18(22)14-6-8-15(9-7-14)21(24)25/h6-9,13,16-17H,4-5,10-12H2,1-3H3. The van der Waals surface area contributed by atoms with Crippen molar-refractivity contribution in [1.29, 1.82) is 0 Å². The molecular formula is C19H26N2O5S. The molecule has 0 radical (unpaired) electrons. The summed E-state index contributed by atoms with van der Waals surface area (Å²) in [6.45, 7) is 6.51. The van der Waals surface area contributed by atoms with Crippen LogP contribution < -0.4 is 0 Å². The number of hydrogen-bond donors (Lipinski definition) is 0. The van der Waals surface area contributed by atoms with E-state index in [1.807, 2.05) is 6.92 Å². The van der Waals surface area contributed by atoms with Gasteiger partial charge in [-0.1, -0.05) is 27.2 Å². The number of unbranched alkanes of at least 4 members (excludes halogenated alkanes) is 1. The molecule has 1 aliphatic rings. The van der Waals surface area contributed by atoms with E-state index < -0.39 is 11.0 Å². The van der Waals surface area contributed by atoms with Crippen LogP contribution in [0.5, 0.6) is 0 Å². The number of non-ortho nitro benzene ring substituents is 1. The topological polar surface area (TPSA) is 89.8 Å². The summed E-state index contributed by atoms with van der Waals surface area (Å²) >= 11 is 1.58. The number of carbonyl (C=O) groups is 2. The minimum absolute atomic E-state index is 0.0726. The molecule has 1 heterocycles. The molecule has 7 nitrogen and oxygen atoms in total. The van der Waals surface area contributed by atoms with Gasteiger partial charge in [-0.15, -0.1) is 11.8 Å². The lowest BCUT2D eigenvalue weighted by molar-refractivity contribution is -0.384. The third kappa shape index (κ3) is 5.45. The second-order valence-corrected chi connectivity index (χ2v) is 8.18. The van der Waals surface area contributed by atoms with Gasteiger partial charge in [0.05, 0.1) is 16.9 Å². The fourth-order valence-electron chi connectivity index (χ4n) is 2.89. The number of amides is 1. The quantitative estimate of drug-likeness (QED) is 0.288. The van der Waals surface area contributed by atoms with Gasteiger partial charge in [0, 0.05) is 23.4 Å². The van der Waals surface area contributed by atoms with Crippen LogP contribution in [0.2, 0.25) is 0 Å². The molecule has 2 rings (SSSR count). The maximum Gasteiger partial charge on any atom is 0.329 e. The molecule has 148 valence electrons. The Hall–Kier alpha value is -2.09. The van der Waals surface area contributed by atoms with Crippen LogP contribution in [0.25, 0.3) is 0 Å². The third-order valence-electron chi connectivity index (χ3n) is 4.34. The Morgan fingerprint density at radius 2 is 2.00 bits per heavy atom. The number of carbonyl (C=O) groups excluding carboxylic acids is 2. The summed E-state index contributed by atoms with van der Waals surface area (Å²) in [5.41, 5.74) is 0.264. The van der Waals surface area contributed by atoms with Crippen molar-refractivity contribution in [3.63, 3.8) is 0 Å². The Morgan fingerprint density at radius 3 is 2.56 bits per heavy atom. The second-order valence-electron chi connectivity index (χ2n) is 6.97. The summed E-state index contributed by atoms with van der Waals surface area (Å²) < 4.78 is 5.35. The minimum atomic E-state index is -0.627. The van der Waals surface area contributed by atoms with Crippen LogP contribution in [0.4, 0.5) is 5.69 Å².